The number of sulfonamides is 1. The number of nitrogens with one attached hydrogen (secondary N) is 2. The molecule has 7 nitrogen and oxygen atoms in total. The summed E-state index contributed by atoms with van der Waals surface area (Å²) >= 11 is 10.3. The van der Waals surface area contributed by atoms with E-state index in [2.05, 4.69) is 32.9 Å². The number of rotatable bonds is 3. The number of fused-ring (bicyclic) bond motifs is 3. The second-order valence-corrected chi connectivity index (χ2v) is 8.36. The van der Waals surface area contributed by atoms with Gasteiger partial charge >= 0.3 is 0 Å². The van der Waals surface area contributed by atoms with E-state index >= 15 is 0 Å². The topological polar surface area (TPSA) is 88.9 Å². The molecule has 0 saturated heterocycles. The molecule has 0 bridgehead atoms. The van der Waals surface area contributed by atoms with E-state index in [4.69, 9.17) is 11.6 Å². The zero-order valence-corrected chi connectivity index (χ0v) is 16.0. The van der Waals surface area contributed by atoms with Crippen molar-refractivity contribution in [2.45, 2.75) is 23.3 Å². The van der Waals surface area contributed by atoms with Crippen molar-refractivity contribution in [1.82, 2.24) is 14.8 Å². The second-order valence-electron chi connectivity index (χ2n) is 5.82. The van der Waals surface area contributed by atoms with Crippen LogP contribution >= 0.6 is 24.2 Å². The van der Waals surface area contributed by atoms with E-state index in [9.17, 15) is 8.42 Å². The number of benzene rings is 2. The first-order valence-corrected chi connectivity index (χ1v) is 9.97. The van der Waals surface area contributed by atoms with Gasteiger partial charge in [-0.2, -0.15) is 0 Å². The van der Waals surface area contributed by atoms with E-state index < -0.39 is 10.0 Å². The monoisotopic (exact) mass is 407 g/mol. The number of aryl methyl sites for hydroxylation is 1. The van der Waals surface area contributed by atoms with Gasteiger partial charge in [0, 0.05) is 9.92 Å². The average molecular weight is 408 g/mol. The third kappa shape index (κ3) is 2.81. The lowest BCUT2D eigenvalue weighted by Crippen LogP contribution is -2.20. The normalized spacial score (nSPS) is 12.9. The zero-order chi connectivity index (χ0) is 18.5. The summed E-state index contributed by atoms with van der Waals surface area (Å²) in [5.74, 6) is 0.731. The number of halogens is 1. The Morgan fingerprint density at radius 3 is 2.85 bits per heavy atom. The highest BCUT2D eigenvalue weighted by atomic mass is 35.5. The van der Waals surface area contributed by atoms with Crippen LogP contribution in [0.1, 0.15) is 11.4 Å². The largest absolute Gasteiger partial charge is 0.376 e. The number of aromatic nitrogens is 3. The van der Waals surface area contributed by atoms with Crippen molar-refractivity contribution in [1.29, 1.82) is 0 Å². The Bertz CT molecular complexity index is 1130. The number of para-hydroxylation sites is 2. The van der Waals surface area contributed by atoms with Crippen molar-refractivity contribution in [3.05, 3.63) is 52.8 Å². The molecule has 0 fully saturated rings. The van der Waals surface area contributed by atoms with E-state index in [-0.39, 0.29) is 15.7 Å². The standard InChI is InChI=1S/C16H14ClN5O2S2/c1-9-6-14(13(25)7-10(9)17)26(23,24)21-16-20-19-15-8-18-11-4-2-3-5-12(11)22(15)16/h2-7,18,25H,8H2,1H3,(H,20,21). The van der Waals surface area contributed by atoms with E-state index in [1.54, 1.807) is 11.5 Å². The van der Waals surface area contributed by atoms with Gasteiger partial charge in [-0.15, -0.1) is 22.8 Å². The maximum absolute atomic E-state index is 12.9. The van der Waals surface area contributed by atoms with Gasteiger partial charge in [0.1, 0.15) is 4.90 Å². The summed E-state index contributed by atoms with van der Waals surface area (Å²) in [6.45, 7) is 2.18. The molecule has 26 heavy (non-hydrogen) atoms. The van der Waals surface area contributed by atoms with Crippen LogP contribution in [0.25, 0.3) is 5.69 Å². The SMILES string of the molecule is Cc1cc(S(=O)(=O)Nc2nnc3n2-c2ccccc2NC3)c(S)cc1Cl. The minimum Gasteiger partial charge on any atom is -0.376 e. The van der Waals surface area contributed by atoms with Gasteiger partial charge in [0.2, 0.25) is 5.95 Å². The summed E-state index contributed by atoms with van der Waals surface area (Å²) in [5, 5.41) is 11.8. The lowest BCUT2D eigenvalue weighted by Gasteiger charge is -2.21. The van der Waals surface area contributed by atoms with Gasteiger partial charge in [0.15, 0.2) is 5.82 Å². The Kier molecular flexibility index (Phi) is 4.09. The number of hydrogen-bond acceptors (Lipinski definition) is 6. The van der Waals surface area contributed by atoms with Crippen LogP contribution < -0.4 is 10.0 Å². The van der Waals surface area contributed by atoms with Gasteiger partial charge in [0.05, 0.1) is 17.9 Å². The molecule has 0 spiro atoms. The molecule has 3 aromatic rings. The molecule has 2 aromatic carbocycles. The molecule has 1 aromatic heterocycles. The van der Waals surface area contributed by atoms with Crippen molar-refractivity contribution in [3.8, 4) is 5.69 Å². The number of hydrogen-bond donors (Lipinski definition) is 3. The summed E-state index contributed by atoms with van der Waals surface area (Å²) in [6.07, 6.45) is 0. The second kappa shape index (κ2) is 6.19. The molecular weight excluding hydrogens is 394 g/mol. The van der Waals surface area contributed by atoms with Crippen LogP contribution in [-0.2, 0) is 16.6 Å². The van der Waals surface area contributed by atoms with Crippen molar-refractivity contribution >= 4 is 45.9 Å². The maximum atomic E-state index is 12.9. The summed E-state index contributed by atoms with van der Waals surface area (Å²) in [5.41, 5.74) is 2.29. The number of nitrogens with zero attached hydrogens (tertiary/aromatic N) is 3. The van der Waals surface area contributed by atoms with Crippen LogP contribution in [0.2, 0.25) is 5.02 Å². The minimum absolute atomic E-state index is 0.0299. The first kappa shape index (κ1) is 17.2. The summed E-state index contributed by atoms with van der Waals surface area (Å²) in [6, 6.07) is 10.5. The van der Waals surface area contributed by atoms with Crippen LogP contribution in [0.4, 0.5) is 11.6 Å². The smallest absolute Gasteiger partial charge is 0.265 e. The molecule has 0 radical (unpaired) electrons. The molecule has 0 aliphatic carbocycles. The van der Waals surface area contributed by atoms with E-state index in [0.717, 1.165) is 11.4 Å². The molecule has 10 heteroatoms. The summed E-state index contributed by atoms with van der Waals surface area (Å²) in [7, 11) is -3.92. The number of anilines is 2. The fourth-order valence-corrected chi connectivity index (χ4v) is 4.72. The third-order valence-corrected chi connectivity index (χ3v) is 6.36. The molecule has 0 atom stereocenters. The van der Waals surface area contributed by atoms with Crippen molar-refractivity contribution in [3.63, 3.8) is 0 Å². The molecule has 2 N–H and O–H groups in total. The quantitative estimate of drug-likeness (QED) is 0.580. The fraction of sp³-hybridized carbons (Fsp3) is 0.125. The van der Waals surface area contributed by atoms with Gasteiger partial charge < -0.3 is 5.32 Å². The predicted octanol–water partition coefficient (Wildman–Crippen LogP) is 3.24. The molecule has 4 rings (SSSR count). The van der Waals surface area contributed by atoms with E-state index in [1.807, 2.05) is 24.3 Å². The molecule has 0 saturated carbocycles. The molecule has 0 amide bonds. The lowest BCUT2D eigenvalue weighted by molar-refractivity contribution is 0.598. The van der Waals surface area contributed by atoms with Crippen molar-refractivity contribution in [2.24, 2.45) is 0 Å². The highest BCUT2D eigenvalue weighted by molar-refractivity contribution is 7.93. The lowest BCUT2D eigenvalue weighted by atomic mass is 10.2. The highest BCUT2D eigenvalue weighted by Crippen LogP contribution is 2.31. The van der Waals surface area contributed by atoms with Crippen LogP contribution in [0.3, 0.4) is 0 Å². The Morgan fingerprint density at radius 1 is 1.27 bits per heavy atom. The Labute approximate surface area is 160 Å². The van der Waals surface area contributed by atoms with E-state index in [1.165, 1.54) is 12.1 Å². The maximum Gasteiger partial charge on any atom is 0.265 e. The first-order chi connectivity index (χ1) is 12.4. The molecule has 1 aliphatic heterocycles. The fourth-order valence-electron chi connectivity index (χ4n) is 2.78. The third-order valence-electron chi connectivity index (χ3n) is 4.07. The van der Waals surface area contributed by atoms with Gasteiger partial charge in [-0.1, -0.05) is 23.7 Å². The average Bonchev–Trinajstić information content (AvgIpc) is 3.00. The predicted molar refractivity (Wildman–Crippen MR) is 103 cm³/mol. The molecule has 1 aliphatic rings. The van der Waals surface area contributed by atoms with Crippen LogP contribution in [0, 0.1) is 6.92 Å². The minimum atomic E-state index is -3.92. The zero-order valence-electron chi connectivity index (χ0n) is 13.6. The summed E-state index contributed by atoms with van der Waals surface area (Å²) < 4.78 is 30.0. The van der Waals surface area contributed by atoms with Gasteiger partial charge in [-0.3, -0.25) is 4.57 Å². The molecular formula is C16H14ClN5O2S2. The Hall–Kier alpha value is -2.23. The molecule has 134 valence electrons. The molecule has 0 unspecified atom stereocenters. The van der Waals surface area contributed by atoms with Crippen molar-refractivity contribution < 1.29 is 8.42 Å². The van der Waals surface area contributed by atoms with Crippen LogP contribution in [-0.4, -0.2) is 23.2 Å². The number of thiol groups is 1. The van der Waals surface area contributed by atoms with Gasteiger partial charge in [0.25, 0.3) is 10.0 Å². The Morgan fingerprint density at radius 2 is 2.04 bits per heavy atom. The van der Waals surface area contributed by atoms with Gasteiger partial charge in [-0.05, 0) is 36.8 Å². The van der Waals surface area contributed by atoms with Crippen LogP contribution in [0.5, 0.6) is 0 Å². The van der Waals surface area contributed by atoms with Crippen molar-refractivity contribution in [2.75, 3.05) is 10.0 Å². The van der Waals surface area contributed by atoms with Gasteiger partial charge in [-0.25, -0.2) is 13.1 Å². The summed E-state index contributed by atoms with van der Waals surface area (Å²) in [4.78, 5) is 0.288. The van der Waals surface area contributed by atoms with Crippen LogP contribution in [0.15, 0.2) is 46.2 Å². The Balaban J connectivity index is 1.78. The first-order valence-electron chi connectivity index (χ1n) is 7.66. The molecule has 2 heterocycles. The van der Waals surface area contributed by atoms with E-state index in [0.29, 0.717) is 23.0 Å². The highest BCUT2D eigenvalue weighted by Gasteiger charge is 2.26.